The van der Waals surface area contributed by atoms with Crippen molar-refractivity contribution >= 4 is 23.1 Å². The summed E-state index contributed by atoms with van der Waals surface area (Å²) in [5, 5.41) is 9.22. The molecule has 0 spiro atoms. The second kappa shape index (κ2) is 7.47. The van der Waals surface area contributed by atoms with Gasteiger partial charge >= 0.3 is 6.18 Å². The minimum atomic E-state index is -4.52. The molecule has 2 aromatic carbocycles. The van der Waals surface area contributed by atoms with Crippen LogP contribution in [-0.2, 0) is 15.8 Å². The fraction of sp³-hybridized carbons (Fsp3) is 0.200. The van der Waals surface area contributed by atoms with Gasteiger partial charge in [-0.1, -0.05) is 30.3 Å². The number of anilines is 1. The minimum Gasteiger partial charge on any atom is -0.395 e. The summed E-state index contributed by atoms with van der Waals surface area (Å²) in [7, 11) is 1.57. The molecular weight excluding hydrogens is 373 g/mol. The van der Waals surface area contributed by atoms with Crippen LogP contribution in [0.5, 0.6) is 0 Å². The molecule has 1 aliphatic heterocycles. The zero-order valence-electron chi connectivity index (χ0n) is 14.9. The van der Waals surface area contributed by atoms with Gasteiger partial charge in [-0.15, -0.1) is 0 Å². The lowest BCUT2D eigenvalue weighted by atomic mass is 10.0. The van der Waals surface area contributed by atoms with Crippen LogP contribution in [0.4, 0.5) is 18.9 Å². The monoisotopic (exact) mass is 390 g/mol. The average molecular weight is 390 g/mol. The first kappa shape index (κ1) is 19.6. The highest BCUT2D eigenvalue weighted by atomic mass is 19.4. The number of hydrogen-bond donors (Lipinski definition) is 1. The maximum absolute atomic E-state index is 13.1. The third-order valence-electron chi connectivity index (χ3n) is 4.39. The number of rotatable bonds is 5. The van der Waals surface area contributed by atoms with E-state index in [4.69, 9.17) is 0 Å². The van der Waals surface area contributed by atoms with Gasteiger partial charge in [0.25, 0.3) is 11.8 Å². The molecule has 3 rings (SSSR count). The SMILES string of the molecule is CN(CCO)C1=C(c2ccccc2)C(=O)N(c2ccc(C(F)(F)F)cc2)C1=O. The Bertz CT molecular complexity index is 922. The number of alkyl halides is 3. The van der Waals surface area contributed by atoms with E-state index in [0.717, 1.165) is 29.2 Å². The Morgan fingerprint density at radius 2 is 1.57 bits per heavy atom. The molecule has 0 saturated heterocycles. The summed E-state index contributed by atoms with van der Waals surface area (Å²) >= 11 is 0. The highest BCUT2D eigenvalue weighted by molar-refractivity contribution is 6.45. The molecule has 1 aliphatic rings. The molecule has 5 nitrogen and oxygen atoms in total. The van der Waals surface area contributed by atoms with Crippen molar-refractivity contribution in [1.29, 1.82) is 0 Å². The van der Waals surface area contributed by atoms with Gasteiger partial charge in [-0.25, -0.2) is 4.90 Å². The Balaban J connectivity index is 2.05. The summed E-state index contributed by atoms with van der Waals surface area (Å²) < 4.78 is 38.4. The van der Waals surface area contributed by atoms with Crippen LogP contribution in [0.25, 0.3) is 5.57 Å². The van der Waals surface area contributed by atoms with Crippen molar-refractivity contribution in [1.82, 2.24) is 4.90 Å². The fourth-order valence-electron chi connectivity index (χ4n) is 3.03. The van der Waals surface area contributed by atoms with E-state index in [1.165, 1.54) is 4.90 Å². The van der Waals surface area contributed by atoms with Crippen LogP contribution in [0.2, 0.25) is 0 Å². The number of likely N-dealkylation sites (N-methyl/N-ethyl adjacent to an activating group) is 1. The van der Waals surface area contributed by atoms with Gasteiger partial charge in [0.2, 0.25) is 0 Å². The molecule has 28 heavy (non-hydrogen) atoms. The quantitative estimate of drug-likeness (QED) is 0.798. The highest BCUT2D eigenvalue weighted by Crippen LogP contribution is 2.36. The number of aliphatic hydroxyl groups excluding tert-OH is 1. The highest BCUT2D eigenvalue weighted by Gasteiger charge is 2.42. The van der Waals surface area contributed by atoms with Crippen molar-refractivity contribution in [2.24, 2.45) is 0 Å². The van der Waals surface area contributed by atoms with Crippen LogP contribution in [0.15, 0.2) is 60.3 Å². The first-order chi connectivity index (χ1) is 13.3. The van der Waals surface area contributed by atoms with Crippen LogP contribution in [-0.4, -0.2) is 42.0 Å². The van der Waals surface area contributed by atoms with E-state index in [-0.39, 0.29) is 30.1 Å². The second-order valence-electron chi connectivity index (χ2n) is 6.23. The largest absolute Gasteiger partial charge is 0.416 e. The third kappa shape index (κ3) is 3.50. The number of imide groups is 1. The van der Waals surface area contributed by atoms with E-state index >= 15 is 0 Å². The minimum absolute atomic E-state index is 0.0452. The number of carbonyl (C=O) groups is 2. The summed E-state index contributed by atoms with van der Waals surface area (Å²) in [5.74, 6) is -1.28. The number of amides is 2. The zero-order valence-corrected chi connectivity index (χ0v) is 14.9. The van der Waals surface area contributed by atoms with Crippen molar-refractivity contribution in [3.8, 4) is 0 Å². The number of carbonyl (C=O) groups excluding carboxylic acids is 2. The smallest absolute Gasteiger partial charge is 0.395 e. The van der Waals surface area contributed by atoms with Gasteiger partial charge in [-0.2, -0.15) is 13.2 Å². The first-order valence-corrected chi connectivity index (χ1v) is 8.43. The lowest BCUT2D eigenvalue weighted by Gasteiger charge is -2.20. The number of halogens is 3. The molecular formula is C20H17F3N2O3. The molecule has 0 atom stereocenters. The number of nitrogens with zero attached hydrogens (tertiary/aromatic N) is 2. The molecule has 0 radical (unpaired) electrons. The molecule has 2 amide bonds. The van der Waals surface area contributed by atoms with E-state index in [0.29, 0.717) is 5.56 Å². The lowest BCUT2D eigenvalue weighted by Crippen LogP contribution is -2.34. The van der Waals surface area contributed by atoms with E-state index < -0.39 is 23.6 Å². The Kier molecular flexibility index (Phi) is 5.24. The van der Waals surface area contributed by atoms with Crippen molar-refractivity contribution < 1.29 is 27.9 Å². The predicted molar refractivity (Wildman–Crippen MR) is 97.0 cm³/mol. The summed E-state index contributed by atoms with van der Waals surface area (Å²) in [6, 6.07) is 12.4. The lowest BCUT2D eigenvalue weighted by molar-refractivity contribution is -0.137. The van der Waals surface area contributed by atoms with Gasteiger partial charge in [0.05, 0.1) is 23.4 Å². The number of aliphatic hydroxyl groups is 1. The molecule has 1 heterocycles. The van der Waals surface area contributed by atoms with E-state index in [1.54, 1.807) is 37.4 Å². The van der Waals surface area contributed by atoms with Crippen LogP contribution in [0, 0.1) is 0 Å². The van der Waals surface area contributed by atoms with Gasteiger partial charge in [-0.3, -0.25) is 9.59 Å². The van der Waals surface area contributed by atoms with Crippen molar-refractivity contribution in [3.63, 3.8) is 0 Å². The van der Waals surface area contributed by atoms with Gasteiger partial charge in [-0.05, 0) is 29.8 Å². The Morgan fingerprint density at radius 1 is 0.964 bits per heavy atom. The number of benzene rings is 2. The Hall–Kier alpha value is -3.13. The fourth-order valence-corrected chi connectivity index (χ4v) is 3.03. The molecule has 1 N–H and O–H groups in total. The van der Waals surface area contributed by atoms with Crippen molar-refractivity contribution in [3.05, 3.63) is 71.4 Å². The molecule has 0 unspecified atom stereocenters. The average Bonchev–Trinajstić information content (AvgIpc) is 2.92. The summed E-state index contributed by atoms with van der Waals surface area (Å²) in [5.41, 5.74) is -0.0883. The van der Waals surface area contributed by atoms with Crippen LogP contribution in [0.3, 0.4) is 0 Å². The summed E-state index contributed by atoms with van der Waals surface area (Å²) in [6.45, 7) is -0.116. The topological polar surface area (TPSA) is 60.9 Å². The standard InChI is InChI=1S/C20H17F3N2O3/c1-24(11-12-26)17-16(13-5-3-2-4-6-13)18(27)25(19(17)28)15-9-7-14(8-10-15)20(21,22)23/h2-10,26H,11-12H2,1H3. The number of hydrogen-bond acceptors (Lipinski definition) is 4. The normalized spacial score (nSPS) is 14.8. The van der Waals surface area contributed by atoms with E-state index in [9.17, 15) is 27.9 Å². The predicted octanol–water partition coefficient (Wildman–Crippen LogP) is 2.91. The molecule has 0 aromatic heterocycles. The van der Waals surface area contributed by atoms with Crippen LogP contribution < -0.4 is 4.90 Å². The Labute approximate surface area is 159 Å². The zero-order chi connectivity index (χ0) is 20.5. The Morgan fingerprint density at radius 3 is 2.11 bits per heavy atom. The molecule has 0 bridgehead atoms. The molecule has 0 saturated carbocycles. The third-order valence-corrected chi connectivity index (χ3v) is 4.39. The summed E-state index contributed by atoms with van der Waals surface area (Å²) in [4.78, 5) is 28.4. The van der Waals surface area contributed by atoms with Gasteiger partial charge < -0.3 is 10.0 Å². The van der Waals surface area contributed by atoms with Crippen molar-refractivity contribution in [2.45, 2.75) is 6.18 Å². The maximum Gasteiger partial charge on any atom is 0.416 e. The second-order valence-corrected chi connectivity index (χ2v) is 6.23. The first-order valence-electron chi connectivity index (χ1n) is 8.43. The van der Waals surface area contributed by atoms with Gasteiger partial charge in [0.15, 0.2) is 0 Å². The van der Waals surface area contributed by atoms with Crippen LogP contribution >= 0.6 is 0 Å². The summed E-state index contributed by atoms with van der Waals surface area (Å²) in [6.07, 6.45) is -4.52. The van der Waals surface area contributed by atoms with E-state index in [2.05, 4.69) is 0 Å². The van der Waals surface area contributed by atoms with Crippen molar-refractivity contribution in [2.75, 3.05) is 25.1 Å². The molecule has 2 aromatic rings. The molecule has 0 aliphatic carbocycles. The molecule has 0 fully saturated rings. The van der Waals surface area contributed by atoms with Crippen LogP contribution in [0.1, 0.15) is 11.1 Å². The van der Waals surface area contributed by atoms with Gasteiger partial charge in [0, 0.05) is 13.6 Å². The molecule has 146 valence electrons. The maximum atomic E-state index is 13.1. The van der Waals surface area contributed by atoms with E-state index in [1.807, 2.05) is 0 Å². The molecule has 8 heteroatoms. The van der Waals surface area contributed by atoms with Gasteiger partial charge in [0.1, 0.15) is 5.70 Å².